The Morgan fingerprint density at radius 3 is 2.29 bits per heavy atom. The number of hydrogen-bond acceptors (Lipinski definition) is 5. The summed E-state index contributed by atoms with van der Waals surface area (Å²) in [7, 11) is -1.64. The fourth-order valence-corrected chi connectivity index (χ4v) is 2.65. The van der Waals surface area contributed by atoms with E-state index >= 15 is 0 Å². The lowest BCUT2D eigenvalue weighted by molar-refractivity contribution is -0.117. The van der Waals surface area contributed by atoms with E-state index in [0.717, 1.165) is 26.2 Å². The molecule has 21 heavy (non-hydrogen) atoms. The zero-order chi connectivity index (χ0) is 15.5. The first kappa shape index (κ1) is 15.9. The summed E-state index contributed by atoms with van der Waals surface area (Å²) in [6.45, 7) is 3.99. The van der Waals surface area contributed by atoms with E-state index in [2.05, 4.69) is 22.2 Å². The van der Waals surface area contributed by atoms with Crippen LogP contribution in [-0.4, -0.2) is 63.9 Å². The third kappa shape index (κ3) is 4.78. The summed E-state index contributed by atoms with van der Waals surface area (Å²) in [5.41, 5.74) is 0.557. The Hall–Kier alpha value is -1.48. The Bertz CT molecular complexity index is 592. The van der Waals surface area contributed by atoms with Crippen molar-refractivity contribution in [2.45, 2.75) is 4.90 Å². The number of sulfonamides is 1. The van der Waals surface area contributed by atoms with Gasteiger partial charge in [0.1, 0.15) is 0 Å². The van der Waals surface area contributed by atoms with Gasteiger partial charge in [-0.05, 0) is 31.3 Å². The molecule has 0 spiro atoms. The number of nitrogens with one attached hydrogen (secondary N) is 1. The van der Waals surface area contributed by atoms with Gasteiger partial charge >= 0.3 is 0 Å². The molecule has 1 aromatic carbocycles. The summed E-state index contributed by atoms with van der Waals surface area (Å²) in [5.74, 6) is -0.108. The summed E-state index contributed by atoms with van der Waals surface area (Å²) in [6, 6.07) is 5.81. The van der Waals surface area contributed by atoms with Crippen LogP contribution in [0, 0.1) is 0 Å². The first-order valence-corrected chi connectivity index (χ1v) is 8.23. The molecule has 1 fully saturated rings. The molecule has 0 atom stereocenters. The van der Waals surface area contributed by atoms with E-state index in [-0.39, 0.29) is 10.8 Å². The predicted octanol–water partition coefficient (Wildman–Crippen LogP) is -0.480. The number of nitrogens with zero attached hydrogens (tertiary/aromatic N) is 2. The molecule has 1 heterocycles. The second kappa shape index (κ2) is 6.52. The zero-order valence-electron chi connectivity index (χ0n) is 11.9. The predicted molar refractivity (Wildman–Crippen MR) is 80.4 cm³/mol. The van der Waals surface area contributed by atoms with Gasteiger partial charge in [0.2, 0.25) is 15.9 Å². The topological polar surface area (TPSA) is 95.7 Å². The van der Waals surface area contributed by atoms with Gasteiger partial charge < -0.3 is 10.2 Å². The van der Waals surface area contributed by atoms with Crippen LogP contribution in [0.15, 0.2) is 29.2 Å². The molecular formula is C13H20N4O3S. The summed E-state index contributed by atoms with van der Waals surface area (Å²) in [4.78, 5) is 16.3. The molecule has 116 valence electrons. The summed E-state index contributed by atoms with van der Waals surface area (Å²) < 4.78 is 22.3. The molecule has 0 bridgehead atoms. The minimum atomic E-state index is -3.70. The van der Waals surface area contributed by atoms with Crippen LogP contribution < -0.4 is 10.5 Å². The van der Waals surface area contributed by atoms with Gasteiger partial charge in [-0.25, -0.2) is 13.6 Å². The van der Waals surface area contributed by atoms with Gasteiger partial charge in [0.15, 0.2) is 0 Å². The first-order chi connectivity index (χ1) is 9.84. The normalized spacial score (nSPS) is 17.6. The van der Waals surface area contributed by atoms with Gasteiger partial charge in [-0.1, -0.05) is 0 Å². The number of carbonyl (C=O) groups is 1. The number of amides is 1. The second-order valence-corrected chi connectivity index (χ2v) is 6.76. The Morgan fingerprint density at radius 1 is 1.19 bits per heavy atom. The number of anilines is 1. The van der Waals surface area contributed by atoms with Crippen LogP contribution >= 0.6 is 0 Å². The van der Waals surface area contributed by atoms with Crippen molar-refractivity contribution in [2.24, 2.45) is 5.14 Å². The molecule has 3 N–H and O–H groups in total. The SMILES string of the molecule is CN1CCN(CC(=O)Nc2ccc(S(N)(=O)=O)cc2)CC1. The molecule has 0 aliphatic carbocycles. The van der Waals surface area contributed by atoms with E-state index in [1.165, 1.54) is 24.3 Å². The fraction of sp³-hybridized carbons (Fsp3) is 0.462. The summed E-state index contributed by atoms with van der Waals surface area (Å²) >= 11 is 0. The smallest absolute Gasteiger partial charge is 0.238 e. The van der Waals surface area contributed by atoms with Crippen molar-refractivity contribution in [3.05, 3.63) is 24.3 Å². The van der Waals surface area contributed by atoms with Gasteiger partial charge in [0, 0.05) is 31.9 Å². The van der Waals surface area contributed by atoms with E-state index in [9.17, 15) is 13.2 Å². The minimum Gasteiger partial charge on any atom is -0.325 e. The third-order valence-electron chi connectivity index (χ3n) is 3.43. The number of hydrogen-bond donors (Lipinski definition) is 2. The lowest BCUT2D eigenvalue weighted by Gasteiger charge is -2.31. The average Bonchev–Trinajstić information content (AvgIpc) is 2.41. The van der Waals surface area contributed by atoms with Crippen molar-refractivity contribution >= 4 is 21.6 Å². The van der Waals surface area contributed by atoms with Crippen LogP contribution in [0.1, 0.15) is 0 Å². The van der Waals surface area contributed by atoms with Crippen LogP contribution in [-0.2, 0) is 14.8 Å². The zero-order valence-corrected chi connectivity index (χ0v) is 12.8. The molecule has 0 aromatic heterocycles. The number of carbonyl (C=O) groups excluding carboxylic acids is 1. The van der Waals surface area contributed by atoms with Gasteiger partial charge in [0.05, 0.1) is 11.4 Å². The molecule has 1 saturated heterocycles. The standard InChI is InChI=1S/C13H20N4O3S/c1-16-6-8-17(9-7-16)10-13(18)15-11-2-4-12(5-3-11)21(14,19)20/h2-5H,6-10H2,1H3,(H,15,18)(H2,14,19,20). The van der Waals surface area contributed by atoms with Crippen molar-refractivity contribution in [3.8, 4) is 0 Å². The third-order valence-corrected chi connectivity index (χ3v) is 4.36. The second-order valence-electron chi connectivity index (χ2n) is 5.20. The summed E-state index contributed by atoms with van der Waals surface area (Å²) in [6.07, 6.45) is 0. The number of piperazine rings is 1. The molecule has 7 nitrogen and oxygen atoms in total. The molecular weight excluding hydrogens is 292 g/mol. The number of nitrogens with two attached hydrogens (primary N) is 1. The lowest BCUT2D eigenvalue weighted by atomic mass is 10.3. The largest absolute Gasteiger partial charge is 0.325 e. The van der Waals surface area contributed by atoms with Crippen molar-refractivity contribution in [2.75, 3.05) is 45.1 Å². The van der Waals surface area contributed by atoms with Crippen LogP contribution in [0.2, 0.25) is 0 Å². The van der Waals surface area contributed by atoms with E-state index < -0.39 is 10.0 Å². The Kier molecular flexibility index (Phi) is 4.94. The fourth-order valence-electron chi connectivity index (χ4n) is 2.14. The Balaban J connectivity index is 1.88. The highest BCUT2D eigenvalue weighted by Crippen LogP contribution is 2.12. The molecule has 1 aliphatic rings. The van der Waals surface area contributed by atoms with Crippen LogP contribution in [0.4, 0.5) is 5.69 Å². The van der Waals surface area contributed by atoms with Crippen LogP contribution in [0.5, 0.6) is 0 Å². The van der Waals surface area contributed by atoms with E-state index in [0.29, 0.717) is 12.2 Å². The average molecular weight is 312 g/mol. The molecule has 1 amide bonds. The van der Waals surface area contributed by atoms with Crippen molar-refractivity contribution in [3.63, 3.8) is 0 Å². The maximum atomic E-state index is 11.9. The molecule has 2 rings (SSSR count). The van der Waals surface area contributed by atoms with Gasteiger partial charge in [0.25, 0.3) is 0 Å². The minimum absolute atomic E-state index is 0.0274. The Morgan fingerprint density at radius 2 is 1.76 bits per heavy atom. The highest BCUT2D eigenvalue weighted by molar-refractivity contribution is 7.89. The van der Waals surface area contributed by atoms with Gasteiger partial charge in [-0.15, -0.1) is 0 Å². The first-order valence-electron chi connectivity index (χ1n) is 6.68. The molecule has 0 unspecified atom stereocenters. The van der Waals surface area contributed by atoms with Gasteiger partial charge in [-0.2, -0.15) is 0 Å². The van der Waals surface area contributed by atoms with E-state index in [1.54, 1.807) is 0 Å². The van der Waals surface area contributed by atoms with Crippen LogP contribution in [0.25, 0.3) is 0 Å². The monoisotopic (exact) mass is 312 g/mol. The van der Waals surface area contributed by atoms with Crippen LogP contribution in [0.3, 0.4) is 0 Å². The summed E-state index contributed by atoms with van der Waals surface area (Å²) in [5, 5.41) is 7.77. The number of primary sulfonamides is 1. The quantitative estimate of drug-likeness (QED) is 0.783. The maximum absolute atomic E-state index is 11.9. The number of likely N-dealkylation sites (N-methyl/N-ethyl adjacent to an activating group) is 1. The maximum Gasteiger partial charge on any atom is 0.238 e. The molecule has 1 aromatic rings. The molecule has 1 aliphatic heterocycles. The van der Waals surface area contributed by atoms with E-state index in [1.807, 2.05) is 0 Å². The van der Waals surface area contributed by atoms with Crippen molar-refractivity contribution in [1.29, 1.82) is 0 Å². The van der Waals surface area contributed by atoms with Crippen molar-refractivity contribution in [1.82, 2.24) is 9.80 Å². The molecule has 0 radical (unpaired) electrons. The van der Waals surface area contributed by atoms with Gasteiger partial charge in [-0.3, -0.25) is 9.69 Å². The van der Waals surface area contributed by atoms with E-state index in [4.69, 9.17) is 5.14 Å². The Labute approximate surface area is 124 Å². The highest BCUT2D eigenvalue weighted by Gasteiger charge is 2.16. The molecule has 0 saturated carbocycles. The highest BCUT2D eigenvalue weighted by atomic mass is 32.2. The number of benzene rings is 1. The lowest BCUT2D eigenvalue weighted by Crippen LogP contribution is -2.47. The molecule has 8 heteroatoms. The number of rotatable bonds is 4. The van der Waals surface area contributed by atoms with Crippen molar-refractivity contribution < 1.29 is 13.2 Å².